The van der Waals surface area contributed by atoms with E-state index in [0.29, 0.717) is 35.1 Å². The highest BCUT2D eigenvalue weighted by atomic mass is 79.9. The number of benzene rings is 3. The molecule has 0 aliphatic carbocycles. The fourth-order valence-corrected chi connectivity index (χ4v) is 4.30. The fraction of sp³-hybridized carbons (Fsp3) is 0.231. The molecule has 4 nitrogen and oxygen atoms in total. The predicted molar refractivity (Wildman–Crippen MR) is 137 cm³/mol. The number of hydrogen-bond donors (Lipinski definition) is 1. The SMILES string of the molecule is CCNC(=O)[C@H](Cc1ccccc1)N(Cc1ccc(Br)cc1)C(=O)Cc1ccc(Cl)cc1Cl. The van der Waals surface area contributed by atoms with Crippen LogP contribution in [0, 0.1) is 0 Å². The third-order valence-electron chi connectivity index (χ3n) is 5.25. The first-order chi connectivity index (χ1) is 15.9. The summed E-state index contributed by atoms with van der Waals surface area (Å²) in [4.78, 5) is 28.4. The Morgan fingerprint density at radius 3 is 2.30 bits per heavy atom. The lowest BCUT2D eigenvalue weighted by atomic mass is 10.0. The quantitative estimate of drug-likeness (QED) is 0.353. The first-order valence-electron chi connectivity index (χ1n) is 10.7. The number of hydrogen-bond acceptors (Lipinski definition) is 2. The Morgan fingerprint density at radius 1 is 0.970 bits per heavy atom. The van der Waals surface area contributed by atoms with Gasteiger partial charge in [0.25, 0.3) is 0 Å². The minimum absolute atomic E-state index is 0.0667. The Balaban J connectivity index is 1.96. The Labute approximate surface area is 213 Å². The van der Waals surface area contributed by atoms with Crippen LogP contribution in [0.1, 0.15) is 23.6 Å². The molecule has 0 aliphatic rings. The molecular formula is C26H25BrCl2N2O2. The van der Waals surface area contributed by atoms with Crippen LogP contribution < -0.4 is 5.32 Å². The molecule has 0 spiro atoms. The predicted octanol–water partition coefficient (Wildman–Crippen LogP) is 6.07. The maximum Gasteiger partial charge on any atom is 0.243 e. The second kappa shape index (κ2) is 12.2. The summed E-state index contributed by atoms with van der Waals surface area (Å²) in [7, 11) is 0. The van der Waals surface area contributed by atoms with Crippen molar-refractivity contribution in [1.82, 2.24) is 10.2 Å². The van der Waals surface area contributed by atoms with E-state index in [2.05, 4.69) is 21.2 Å². The first kappa shape index (κ1) is 25.3. The number of carbonyl (C=O) groups excluding carboxylic acids is 2. The molecule has 0 radical (unpaired) electrons. The average Bonchev–Trinajstić information content (AvgIpc) is 2.80. The summed E-state index contributed by atoms with van der Waals surface area (Å²) < 4.78 is 0.946. The molecule has 0 unspecified atom stereocenters. The highest BCUT2D eigenvalue weighted by Gasteiger charge is 2.30. The second-order valence-corrected chi connectivity index (χ2v) is 9.42. The van der Waals surface area contributed by atoms with Gasteiger partial charge in [0.15, 0.2) is 0 Å². The molecule has 33 heavy (non-hydrogen) atoms. The number of likely N-dealkylation sites (N-methyl/N-ethyl adjacent to an activating group) is 1. The average molecular weight is 548 g/mol. The second-order valence-electron chi connectivity index (χ2n) is 7.66. The molecule has 1 atom stereocenters. The highest BCUT2D eigenvalue weighted by molar-refractivity contribution is 9.10. The standard InChI is InChI=1S/C26H25BrCl2N2O2/c1-2-30-26(33)24(14-18-6-4-3-5-7-18)31(17-19-8-11-21(27)12-9-19)25(32)15-20-10-13-22(28)16-23(20)29/h3-13,16,24H,2,14-15,17H2,1H3,(H,30,33)/t24-/m0/s1. The molecule has 0 aliphatic heterocycles. The molecule has 0 aromatic heterocycles. The zero-order valence-electron chi connectivity index (χ0n) is 18.2. The molecule has 2 amide bonds. The van der Waals surface area contributed by atoms with Crippen LogP contribution in [0.2, 0.25) is 10.0 Å². The van der Waals surface area contributed by atoms with E-state index in [1.807, 2.05) is 61.5 Å². The maximum atomic E-state index is 13.6. The van der Waals surface area contributed by atoms with Gasteiger partial charge >= 0.3 is 0 Å². The summed E-state index contributed by atoms with van der Waals surface area (Å²) in [6, 6.07) is 21.8. The lowest BCUT2D eigenvalue weighted by molar-refractivity contribution is -0.140. The van der Waals surface area contributed by atoms with Crippen molar-refractivity contribution in [2.75, 3.05) is 6.54 Å². The van der Waals surface area contributed by atoms with E-state index in [9.17, 15) is 9.59 Å². The van der Waals surface area contributed by atoms with Crippen molar-refractivity contribution in [1.29, 1.82) is 0 Å². The topological polar surface area (TPSA) is 49.4 Å². The van der Waals surface area contributed by atoms with Gasteiger partial charge < -0.3 is 10.2 Å². The van der Waals surface area contributed by atoms with Gasteiger partial charge in [0, 0.05) is 34.0 Å². The van der Waals surface area contributed by atoms with Crippen LogP contribution >= 0.6 is 39.1 Å². The summed E-state index contributed by atoms with van der Waals surface area (Å²) >= 11 is 15.8. The third kappa shape index (κ3) is 7.32. The Kier molecular flexibility index (Phi) is 9.36. The molecule has 3 rings (SSSR count). The van der Waals surface area contributed by atoms with Gasteiger partial charge in [-0.15, -0.1) is 0 Å². The van der Waals surface area contributed by atoms with Crippen LogP contribution in [0.3, 0.4) is 0 Å². The van der Waals surface area contributed by atoms with Crippen LogP contribution in [0.4, 0.5) is 0 Å². The van der Waals surface area contributed by atoms with E-state index in [0.717, 1.165) is 15.6 Å². The van der Waals surface area contributed by atoms with Crippen molar-refractivity contribution in [3.05, 3.63) is 104 Å². The number of halogens is 3. The van der Waals surface area contributed by atoms with Gasteiger partial charge in [0.05, 0.1) is 6.42 Å². The number of nitrogens with zero attached hydrogens (tertiary/aromatic N) is 1. The van der Waals surface area contributed by atoms with Gasteiger partial charge in [-0.3, -0.25) is 9.59 Å². The zero-order valence-corrected chi connectivity index (χ0v) is 21.3. The summed E-state index contributed by atoms with van der Waals surface area (Å²) in [5.74, 6) is -0.372. The molecule has 3 aromatic carbocycles. The van der Waals surface area contributed by atoms with Crippen molar-refractivity contribution >= 4 is 50.9 Å². The zero-order chi connectivity index (χ0) is 23.8. The van der Waals surface area contributed by atoms with Gasteiger partial charge in [-0.25, -0.2) is 0 Å². The van der Waals surface area contributed by atoms with Gasteiger partial charge in [0.2, 0.25) is 11.8 Å². The third-order valence-corrected chi connectivity index (χ3v) is 6.36. The van der Waals surface area contributed by atoms with E-state index >= 15 is 0 Å². The minimum atomic E-state index is -0.672. The molecule has 0 heterocycles. The van der Waals surface area contributed by atoms with Gasteiger partial charge in [0.1, 0.15) is 6.04 Å². The summed E-state index contributed by atoms with van der Waals surface area (Å²) in [6.45, 7) is 2.64. The van der Waals surface area contributed by atoms with E-state index < -0.39 is 6.04 Å². The molecule has 1 N–H and O–H groups in total. The van der Waals surface area contributed by atoms with E-state index in [4.69, 9.17) is 23.2 Å². The molecular weight excluding hydrogens is 523 g/mol. The highest BCUT2D eigenvalue weighted by Crippen LogP contribution is 2.23. The van der Waals surface area contributed by atoms with E-state index in [1.54, 1.807) is 23.1 Å². The maximum absolute atomic E-state index is 13.6. The number of amides is 2. The van der Waals surface area contributed by atoms with Crippen LogP contribution in [-0.2, 0) is 29.0 Å². The van der Waals surface area contributed by atoms with Crippen LogP contribution in [0.5, 0.6) is 0 Å². The van der Waals surface area contributed by atoms with Gasteiger partial charge in [-0.1, -0.05) is 87.7 Å². The largest absolute Gasteiger partial charge is 0.355 e. The number of nitrogens with one attached hydrogen (secondary N) is 1. The molecule has 0 saturated heterocycles. The van der Waals surface area contributed by atoms with E-state index in [1.165, 1.54) is 0 Å². The fourth-order valence-electron chi connectivity index (χ4n) is 3.56. The van der Waals surface area contributed by atoms with Crippen molar-refractivity contribution in [2.24, 2.45) is 0 Å². The number of carbonyl (C=O) groups is 2. The normalized spacial score (nSPS) is 11.6. The smallest absolute Gasteiger partial charge is 0.243 e. The lowest BCUT2D eigenvalue weighted by Crippen LogP contribution is -2.51. The Hall–Kier alpha value is -2.34. The number of rotatable bonds is 9. The first-order valence-corrected chi connectivity index (χ1v) is 12.2. The lowest BCUT2D eigenvalue weighted by Gasteiger charge is -2.31. The van der Waals surface area contributed by atoms with Crippen molar-refractivity contribution in [3.8, 4) is 0 Å². The summed E-state index contributed by atoms with van der Waals surface area (Å²) in [6.07, 6.45) is 0.473. The van der Waals surface area contributed by atoms with Crippen molar-refractivity contribution in [3.63, 3.8) is 0 Å². The Morgan fingerprint density at radius 2 is 1.67 bits per heavy atom. The molecule has 7 heteroatoms. The van der Waals surface area contributed by atoms with Gasteiger partial charge in [-0.05, 0) is 47.9 Å². The van der Waals surface area contributed by atoms with Crippen molar-refractivity contribution < 1.29 is 9.59 Å². The van der Waals surface area contributed by atoms with E-state index in [-0.39, 0.29) is 18.2 Å². The molecule has 0 fully saturated rings. The summed E-state index contributed by atoms with van der Waals surface area (Å²) in [5.41, 5.74) is 2.57. The van der Waals surface area contributed by atoms with Gasteiger partial charge in [-0.2, -0.15) is 0 Å². The summed E-state index contributed by atoms with van der Waals surface area (Å²) in [5, 5.41) is 3.83. The van der Waals surface area contributed by atoms with Crippen LogP contribution in [0.15, 0.2) is 77.3 Å². The monoisotopic (exact) mass is 546 g/mol. The molecule has 172 valence electrons. The van der Waals surface area contributed by atoms with Crippen LogP contribution in [-0.4, -0.2) is 29.3 Å². The molecule has 0 saturated carbocycles. The molecule has 3 aromatic rings. The Bertz CT molecular complexity index is 1090. The van der Waals surface area contributed by atoms with Crippen LogP contribution in [0.25, 0.3) is 0 Å². The molecule has 0 bridgehead atoms. The van der Waals surface area contributed by atoms with Crippen molar-refractivity contribution in [2.45, 2.75) is 32.4 Å². The minimum Gasteiger partial charge on any atom is -0.355 e.